The summed E-state index contributed by atoms with van der Waals surface area (Å²) in [5, 5.41) is 22.7. The molecule has 23 heavy (non-hydrogen) atoms. The fourth-order valence-electron chi connectivity index (χ4n) is 2.08. The number of ether oxygens (including phenoxy) is 1. The zero-order valence-corrected chi connectivity index (χ0v) is 13.4. The van der Waals surface area contributed by atoms with Crippen molar-refractivity contribution in [1.82, 2.24) is 15.2 Å². The van der Waals surface area contributed by atoms with E-state index in [9.17, 15) is 0 Å². The Labute approximate surface area is 137 Å². The lowest BCUT2D eigenvalue weighted by molar-refractivity contribution is 0.311. The van der Waals surface area contributed by atoms with Gasteiger partial charge in [-0.3, -0.25) is 0 Å². The van der Waals surface area contributed by atoms with Crippen molar-refractivity contribution >= 4 is 17.2 Å². The quantitative estimate of drug-likeness (QED) is 0.724. The molecule has 2 N–H and O–H groups in total. The van der Waals surface area contributed by atoms with Crippen LogP contribution in [0.4, 0.5) is 5.82 Å². The third-order valence-electron chi connectivity index (χ3n) is 3.20. The largest absolute Gasteiger partial charge is 0.497 e. The van der Waals surface area contributed by atoms with Gasteiger partial charge in [0.2, 0.25) is 0 Å². The van der Waals surface area contributed by atoms with Crippen LogP contribution in [-0.2, 0) is 0 Å². The number of hydrogen-bond acceptors (Lipinski definition) is 7. The number of benzene rings is 1. The first-order valence-electron chi connectivity index (χ1n) is 7.09. The number of nitrogens with one attached hydrogen (secondary N) is 1. The van der Waals surface area contributed by atoms with E-state index in [0.717, 1.165) is 16.2 Å². The van der Waals surface area contributed by atoms with Crippen molar-refractivity contribution in [2.45, 2.75) is 0 Å². The monoisotopic (exact) mass is 328 g/mol. The molecule has 0 saturated carbocycles. The highest BCUT2D eigenvalue weighted by Crippen LogP contribution is 2.28. The number of aromatic nitrogens is 3. The van der Waals surface area contributed by atoms with Crippen LogP contribution in [0.15, 0.2) is 41.8 Å². The van der Waals surface area contributed by atoms with Gasteiger partial charge < -0.3 is 15.2 Å². The Kier molecular flexibility index (Phi) is 4.80. The highest BCUT2D eigenvalue weighted by atomic mass is 32.1. The maximum atomic E-state index is 9.07. The fourth-order valence-corrected chi connectivity index (χ4v) is 2.73. The molecule has 3 rings (SSSR count). The van der Waals surface area contributed by atoms with Crippen molar-refractivity contribution in [3.63, 3.8) is 0 Å². The summed E-state index contributed by atoms with van der Waals surface area (Å²) in [5.74, 6) is 1.94. The summed E-state index contributed by atoms with van der Waals surface area (Å²) in [5.41, 5.74) is 1.52. The molecule has 2 aromatic heterocycles. The lowest BCUT2D eigenvalue weighted by Gasteiger charge is -2.10. The van der Waals surface area contributed by atoms with Crippen molar-refractivity contribution in [1.29, 1.82) is 0 Å². The highest BCUT2D eigenvalue weighted by molar-refractivity contribution is 7.13. The molecule has 0 aliphatic heterocycles. The molecule has 3 aromatic rings. The van der Waals surface area contributed by atoms with Crippen LogP contribution in [0.1, 0.15) is 0 Å². The molecule has 0 aliphatic carbocycles. The van der Waals surface area contributed by atoms with Gasteiger partial charge in [-0.05, 0) is 35.7 Å². The number of hydrogen-bond donors (Lipinski definition) is 2. The van der Waals surface area contributed by atoms with Crippen molar-refractivity contribution in [3.05, 3.63) is 41.8 Å². The van der Waals surface area contributed by atoms with Crippen molar-refractivity contribution in [2.75, 3.05) is 25.6 Å². The van der Waals surface area contributed by atoms with E-state index >= 15 is 0 Å². The normalized spacial score (nSPS) is 10.5. The Balaban J connectivity index is 2.00. The molecule has 0 spiro atoms. The molecule has 1 aromatic carbocycles. The lowest BCUT2D eigenvalue weighted by Crippen LogP contribution is -2.10. The Hall–Kier alpha value is -2.51. The van der Waals surface area contributed by atoms with E-state index in [2.05, 4.69) is 20.5 Å². The lowest BCUT2D eigenvalue weighted by atomic mass is 10.1. The second-order valence-corrected chi connectivity index (χ2v) is 5.64. The zero-order chi connectivity index (χ0) is 16.1. The van der Waals surface area contributed by atoms with Crippen molar-refractivity contribution in [3.8, 4) is 27.7 Å². The van der Waals surface area contributed by atoms with Crippen molar-refractivity contribution in [2.24, 2.45) is 0 Å². The van der Waals surface area contributed by atoms with Gasteiger partial charge in [0.25, 0.3) is 0 Å². The number of aliphatic hydroxyl groups is 1. The number of rotatable bonds is 6. The molecule has 6 nitrogen and oxygen atoms in total. The van der Waals surface area contributed by atoms with E-state index in [0.29, 0.717) is 23.9 Å². The van der Waals surface area contributed by atoms with Crippen LogP contribution in [-0.4, -0.2) is 40.5 Å². The minimum absolute atomic E-state index is 0.0143. The van der Waals surface area contributed by atoms with Crippen LogP contribution >= 0.6 is 11.3 Å². The number of anilines is 1. The van der Waals surface area contributed by atoms with Gasteiger partial charge >= 0.3 is 0 Å². The number of methoxy groups -OCH3 is 1. The summed E-state index contributed by atoms with van der Waals surface area (Å²) in [7, 11) is 1.63. The first-order chi connectivity index (χ1) is 11.3. The summed E-state index contributed by atoms with van der Waals surface area (Å²) < 4.78 is 5.17. The van der Waals surface area contributed by atoms with Crippen molar-refractivity contribution < 1.29 is 9.84 Å². The molecule has 0 unspecified atom stereocenters. The van der Waals surface area contributed by atoms with E-state index in [1.807, 2.05) is 41.8 Å². The molecular formula is C16H16N4O2S. The minimum atomic E-state index is 0.0143. The maximum absolute atomic E-state index is 9.07. The maximum Gasteiger partial charge on any atom is 0.193 e. The molecule has 0 atom stereocenters. The second kappa shape index (κ2) is 7.17. The second-order valence-electron chi connectivity index (χ2n) is 4.69. The smallest absolute Gasteiger partial charge is 0.193 e. The number of nitrogens with zero attached hydrogens (tertiary/aromatic N) is 3. The average Bonchev–Trinajstić information content (AvgIpc) is 3.14. The Bertz CT molecular complexity index is 760. The molecule has 0 bridgehead atoms. The number of thiophene rings is 1. The van der Waals surface area contributed by atoms with Crippen LogP contribution < -0.4 is 10.1 Å². The van der Waals surface area contributed by atoms with Crippen LogP contribution in [0.25, 0.3) is 22.0 Å². The van der Waals surface area contributed by atoms with Crippen LogP contribution in [0.2, 0.25) is 0 Å². The molecule has 0 radical (unpaired) electrons. The third kappa shape index (κ3) is 3.46. The Morgan fingerprint density at radius 3 is 2.65 bits per heavy atom. The van der Waals surface area contributed by atoms with E-state index in [1.54, 1.807) is 18.4 Å². The summed E-state index contributed by atoms with van der Waals surface area (Å²) >= 11 is 1.56. The standard InChI is InChI=1S/C16H16N4O2S/c1-22-12-6-4-11(5-7-12)14-16(17-8-9-21)18-15(20-19-14)13-3-2-10-23-13/h2-7,10,21H,8-9H2,1H3,(H,17,18,20). The summed E-state index contributed by atoms with van der Waals surface area (Å²) in [6, 6.07) is 11.4. The Morgan fingerprint density at radius 2 is 2.00 bits per heavy atom. The zero-order valence-electron chi connectivity index (χ0n) is 12.6. The summed E-state index contributed by atoms with van der Waals surface area (Å²) in [6.45, 7) is 0.409. The topological polar surface area (TPSA) is 80.2 Å². The molecule has 0 aliphatic rings. The van der Waals surface area contributed by atoms with Gasteiger partial charge in [-0.2, -0.15) is 0 Å². The fraction of sp³-hybridized carbons (Fsp3) is 0.188. The van der Waals surface area contributed by atoms with Gasteiger partial charge in [0.1, 0.15) is 11.4 Å². The van der Waals surface area contributed by atoms with Crippen LogP contribution in [0.3, 0.4) is 0 Å². The predicted molar refractivity (Wildman–Crippen MR) is 90.7 cm³/mol. The first kappa shape index (κ1) is 15.4. The summed E-state index contributed by atoms with van der Waals surface area (Å²) in [4.78, 5) is 5.50. The van der Waals surface area contributed by atoms with Gasteiger partial charge in [-0.15, -0.1) is 21.5 Å². The molecule has 2 heterocycles. The van der Waals surface area contributed by atoms with Gasteiger partial charge in [-0.1, -0.05) is 6.07 Å². The molecule has 0 amide bonds. The van der Waals surface area contributed by atoms with Crippen LogP contribution in [0.5, 0.6) is 5.75 Å². The minimum Gasteiger partial charge on any atom is -0.497 e. The van der Waals surface area contributed by atoms with Crippen LogP contribution in [0, 0.1) is 0 Å². The SMILES string of the molecule is COc1ccc(-c2nnc(-c3cccs3)nc2NCCO)cc1. The first-order valence-corrected chi connectivity index (χ1v) is 7.97. The average molecular weight is 328 g/mol. The Morgan fingerprint density at radius 1 is 1.17 bits per heavy atom. The molecule has 0 saturated heterocycles. The molecule has 7 heteroatoms. The molecule has 0 fully saturated rings. The van der Waals surface area contributed by atoms with E-state index in [4.69, 9.17) is 9.84 Å². The molecular weight excluding hydrogens is 312 g/mol. The van der Waals surface area contributed by atoms with Gasteiger partial charge in [-0.25, -0.2) is 4.98 Å². The van der Waals surface area contributed by atoms with E-state index in [-0.39, 0.29) is 6.61 Å². The van der Waals surface area contributed by atoms with Gasteiger partial charge in [0, 0.05) is 12.1 Å². The third-order valence-corrected chi connectivity index (χ3v) is 4.06. The van der Waals surface area contributed by atoms with E-state index in [1.165, 1.54) is 0 Å². The van der Waals surface area contributed by atoms with Gasteiger partial charge in [0.05, 0.1) is 18.6 Å². The predicted octanol–water partition coefficient (Wildman–Crippen LogP) is 2.68. The number of aliphatic hydroxyl groups excluding tert-OH is 1. The van der Waals surface area contributed by atoms with Gasteiger partial charge in [0.15, 0.2) is 11.6 Å². The highest BCUT2D eigenvalue weighted by Gasteiger charge is 2.13. The van der Waals surface area contributed by atoms with E-state index < -0.39 is 0 Å². The molecule has 118 valence electrons. The summed E-state index contributed by atoms with van der Waals surface area (Å²) in [6.07, 6.45) is 0.